The van der Waals surface area contributed by atoms with Gasteiger partial charge in [-0.05, 0) is 30.0 Å². The Morgan fingerprint density at radius 2 is 1.49 bits per heavy atom. The van der Waals surface area contributed by atoms with Crippen molar-refractivity contribution in [3.8, 4) is 0 Å². The van der Waals surface area contributed by atoms with Gasteiger partial charge in [-0.15, -0.1) is 34.9 Å². The van der Waals surface area contributed by atoms with E-state index in [-0.39, 0.29) is 44.0 Å². The van der Waals surface area contributed by atoms with Gasteiger partial charge in [0, 0.05) is 12.4 Å². The van der Waals surface area contributed by atoms with Crippen molar-refractivity contribution in [2.75, 3.05) is 6.54 Å². The molecule has 4 aromatic rings. The van der Waals surface area contributed by atoms with Crippen LogP contribution in [-0.4, -0.2) is 29.1 Å². The number of carbonyl (C=O) groups is 1. The predicted molar refractivity (Wildman–Crippen MR) is 154 cm³/mol. The third-order valence-electron chi connectivity index (χ3n) is 6.61. The van der Waals surface area contributed by atoms with E-state index in [1.165, 1.54) is 35.7 Å². The summed E-state index contributed by atoms with van der Waals surface area (Å²) in [6.07, 6.45) is 1.06. The van der Waals surface area contributed by atoms with E-state index in [0.717, 1.165) is 24.0 Å². The van der Waals surface area contributed by atoms with E-state index in [0.29, 0.717) is 5.92 Å². The maximum Gasteiger partial charge on any atom is 2.00 e. The molecule has 0 radical (unpaired) electrons. The molecule has 1 heterocycles. The molecule has 0 unspecified atom stereocenters. The minimum Gasteiger partial charge on any atom is -0.876 e. The van der Waals surface area contributed by atoms with Crippen LogP contribution in [-0.2, 0) is 25.2 Å². The summed E-state index contributed by atoms with van der Waals surface area (Å²) in [5, 5.41) is 12.4. The van der Waals surface area contributed by atoms with Crippen molar-refractivity contribution >= 4 is 22.4 Å². The Labute approximate surface area is 245 Å². The van der Waals surface area contributed by atoms with Crippen LogP contribution < -0.4 is 5.11 Å². The second-order valence-corrected chi connectivity index (χ2v) is 9.95. The average molecular weight is 609 g/mol. The van der Waals surface area contributed by atoms with Gasteiger partial charge in [-0.2, -0.15) is 0 Å². The molecule has 202 valence electrons. The zero-order valence-electron chi connectivity index (χ0n) is 22.8. The van der Waals surface area contributed by atoms with Crippen LogP contribution in [0.4, 0.5) is 0 Å². The molecule has 0 amide bonds. The summed E-state index contributed by atoms with van der Waals surface area (Å²) in [4.78, 5) is 17.7. The number of ketones is 1. The molecule has 5 heteroatoms. The standard InChI is InChI=1S/C29H27N2.C5H8O2.Pd/c1-21(2)27-20-31(28(23-13-5-3-6-14-23)24-15-7-4-8-16-24)29(30-27)26-19-11-17-22-12-9-10-18-25(22)26;1-4(6)3-5(2)7;/h3-18,21,27-28H,20H2,1-2H3;3,6H,1-2H3;/q-1;;+2/p-1/b;4-3-;/t27-;;/m1../s1. The molecule has 0 aromatic heterocycles. The number of fused-ring (bicyclic) bond motifs is 1. The fraction of sp³-hybridized carbons (Fsp3) is 0.235. The van der Waals surface area contributed by atoms with Crippen molar-refractivity contribution in [3.63, 3.8) is 0 Å². The zero-order chi connectivity index (χ0) is 27.1. The Hall–Kier alpha value is -3.52. The summed E-state index contributed by atoms with van der Waals surface area (Å²) in [5.74, 6) is 1.15. The van der Waals surface area contributed by atoms with Crippen molar-refractivity contribution in [2.24, 2.45) is 10.9 Å². The fourth-order valence-electron chi connectivity index (χ4n) is 4.81. The van der Waals surface area contributed by atoms with Crippen LogP contribution in [0.2, 0.25) is 0 Å². The van der Waals surface area contributed by atoms with Crippen LogP contribution in [0.25, 0.3) is 10.8 Å². The molecular formula is C34H34N2O2Pd. The van der Waals surface area contributed by atoms with Crippen LogP contribution in [0, 0.1) is 12.0 Å². The molecule has 1 aliphatic heterocycles. The Bertz CT molecular complexity index is 1380. The molecule has 4 nitrogen and oxygen atoms in total. The predicted octanol–water partition coefficient (Wildman–Crippen LogP) is 6.35. The number of amidine groups is 1. The number of benzene rings is 4. The van der Waals surface area contributed by atoms with Gasteiger partial charge >= 0.3 is 20.4 Å². The van der Waals surface area contributed by atoms with E-state index in [1.54, 1.807) is 0 Å². The van der Waals surface area contributed by atoms with Gasteiger partial charge in [0.1, 0.15) is 0 Å². The van der Waals surface area contributed by atoms with Crippen molar-refractivity contribution < 1.29 is 30.3 Å². The van der Waals surface area contributed by atoms with E-state index < -0.39 is 0 Å². The second-order valence-electron chi connectivity index (χ2n) is 9.95. The largest absolute Gasteiger partial charge is 2.00 e. The molecule has 0 N–H and O–H groups in total. The van der Waals surface area contributed by atoms with Crippen LogP contribution in [0.3, 0.4) is 0 Å². The first-order valence-corrected chi connectivity index (χ1v) is 13.0. The van der Waals surface area contributed by atoms with Crippen LogP contribution in [0.5, 0.6) is 0 Å². The van der Waals surface area contributed by atoms with Gasteiger partial charge in [0.15, 0.2) is 5.78 Å². The van der Waals surface area contributed by atoms with E-state index >= 15 is 0 Å². The number of aliphatic imine (C=N–C) groups is 1. The fourth-order valence-corrected chi connectivity index (χ4v) is 4.81. The van der Waals surface area contributed by atoms with Crippen LogP contribution in [0.15, 0.2) is 114 Å². The van der Waals surface area contributed by atoms with E-state index in [2.05, 4.69) is 116 Å². The molecule has 1 aliphatic rings. The molecule has 0 saturated carbocycles. The minimum absolute atomic E-state index is 0. The van der Waals surface area contributed by atoms with Crippen molar-refractivity contribution in [1.82, 2.24) is 4.90 Å². The maximum atomic E-state index is 9.98. The molecule has 4 aromatic carbocycles. The summed E-state index contributed by atoms with van der Waals surface area (Å²) in [6.45, 7) is 8.13. The number of hydrogen-bond donors (Lipinski definition) is 0. The van der Waals surface area contributed by atoms with Crippen LogP contribution in [0.1, 0.15) is 50.4 Å². The smallest absolute Gasteiger partial charge is 0.876 e. The van der Waals surface area contributed by atoms with Gasteiger partial charge in [0.2, 0.25) is 0 Å². The van der Waals surface area contributed by atoms with Gasteiger partial charge in [-0.1, -0.05) is 111 Å². The number of allylic oxidation sites excluding steroid dienone is 2. The first-order chi connectivity index (χ1) is 18.3. The summed E-state index contributed by atoms with van der Waals surface area (Å²) in [7, 11) is 0. The molecule has 0 saturated heterocycles. The van der Waals surface area contributed by atoms with Gasteiger partial charge in [0.25, 0.3) is 0 Å². The average Bonchev–Trinajstić information content (AvgIpc) is 3.34. The van der Waals surface area contributed by atoms with Crippen molar-refractivity contribution in [2.45, 2.75) is 39.8 Å². The maximum absolute atomic E-state index is 9.98. The van der Waals surface area contributed by atoms with E-state index in [9.17, 15) is 9.90 Å². The Morgan fingerprint density at radius 1 is 0.923 bits per heavy atom. The molecule has 0 aliphatic carbocycles. The van der Waals surface area contributed by atoms with E-state index in [1.807, 2.05) is 6.07 Å². The van der Waals surface area contributed by atoms with Gasteiger partial charge < -0.3 is 15.0 Å². The van der Waals surface area contributed by atoms with Crippen molar-refractivity contribution in [1.29, 1.82) is 0 Å². The quantitative estimate of drug-likeness (QED) is 0.111. The molecule has 39 heavy (non-hydrogen) atoms. The normalized spacial score (nSPS) is 15.0. The molecule has 0 bridgehead atoms. The summed E-state index contributed by atoms with van der Waals surface area (Å²) in [6, 6.07) is 38.2. The number of carbonyl (C=O) groups excluding carboxylic acids is 1. The molecule has 0 fully saturated rings. The topological polar surface area (TPSA) is 55.7 Å². The minimum atomic E-state index is -0.187. The van der Waals surface area contributed by atoms with Gasteiger partial charge in [-0.3, -0.25) is 4.79 Å². The first-order valence-electron chi connectivity index (χ1n) is 13.0. The van der Waals surface area contributed by atoms with E-state index in [4.69, 9.17) is 4.99 Å². The van der Waals surface area contributed by atoms with Gasteiger partial charge in [-0.25, -0.2) is 0 Å². The monoisotopic (exact) mass is 608 g/mol. The summed E-state index contributed by atoms with van der Waals surface area (Å²) < 4.78 is 0. The first kappa shape index (κ1) is 30.0. The molecule has 5 rings (SSSR count). The Balaban J connectivity index is 0.000000468. The van der Waals surface area contributed by atoms with Crippen LogP contribution >= 0.6 is 0 Å². The SMILES string of the molecule is CC(=O)/C=C(/C)[O-].CC(C)[C@H]1CN(C(c2ccccc2)c2ccccc2)C(c2[c-]ccc3ccccc23)=N1.[Pd+2]. The third kappa shape index (κ3) is 7.54. The zero-order valence-corrected chi connectivity index (χ0v) is 24.3. The molecule has 1 atom stereocenters. The van der Waals surface area contributed by atoms with Gasteiger partial charge in [0.05, 0.1) is 12.1 Å². The number of nitrogens with zero attached hydrogens (tertiary/aromatic N) is 2. The number of hydrogen-bond acceptors (Lipinski definition) is 4. The second kappa shape index (κ2) is 14.0. The molecular weight excluding hydrogens is 575 g/mol. The molecule has 0 spiro atoms. The third-order valence-corrected chi connectivity index (χ3v) is 6.61. The Morgan fingerprint density at radius 3 is 2.00 bits per heavy atom. The summed E-state index contributed by atoms with van der Waals surface area (Å²) in [5.41, 5.74) is 3.66. The van der Waals surface area contributed by atoms with Crippen molar-refractivity contribution in [3.05, 3.63) is 132 Å². The number of rotatable bonds is 6. The Kier molecular flexibility index (Phi) is 10.8. The summed E-state index contributed by atoms with van der Waals surface area (Å²) >= 11 is 0.